The monoisotopic (exact) mass is 444 g/mol. The molecule has 2 N–H and O–H groups in total. The molecule has 2 atom stereocenters. The zero-order valence-electron chi connectivity index (χ0n) is 17.2. The minimum atomic E-state index is -0.965. The minimum Gasteiger partial charge on any atom is -0.480 e. The molecule has 0 aromatic carbocycles. The summed E-state index contributed by atoms with van der Waals surface area (Å²) in [4.78, 5) is 39.3. The van der Waals surface area contributed by atoms with E-state index in [0.717, 1.165) is 43.6 Å². The minimum absolute atomic E-state index is 0.0257. The number of hydrogen-bond acceptors (Lipinski definition) is 6. The van der Waals surface area contributed by atoms with E-state index in [1.807, 2.05) is 13.8 Å². The predicted octanol–water partition coefficient (Wildman–Crippen LogP) is 3.18. The number of ether oxygens (including phenoxy) is 1. The van der Waals surface area contributed by atoms with Gasteiger partial charge in [-0.1, -0.05) is 33.1 Å². The molecule has 0 aromatic heterocycles. The highest BCUT2D eigenvalue weighted by molar-refractivity contribution is 8.21. The molecule has 1 saturated carbocycles. The number of rotatable bonds is 6. The zero-order valence-corrected chi connectivity index (χ0v) is 18.9. The number of nitrogens with zero attached hydrogens (tertiary/aromatic N) is 1. The van der Waals surface area contributed by atoms with E-state index in [-0.39, 0.29) is 28.4 Å². The molecule has 2 heterocycles. The highest BCUT2D eigenvalue weighted by Crippen LogP contribution is 2.52. The molecule has 0 radical (unpaired) electrons. The van der Waals surface area contributed by atoms with E-state index in [0.29, 0.717) is 13.0 Å². The largest absolute Gasteiger partial charge is 0.480 e. The van der Waals surface area contributed by atoms with Gasteiger partial charge in [0.25, 0.3) is 0 Å². The van der Waals surface area contributed by atoms with Crippen molar-refractivity contribution in [2.24, 2.45) is 11.8 Å². The summed E-state index contributed by atoms with van der Waals surface area (Å²) in [5, 5.41) is 12.6. The van der Waals surface area contributed by atoms with E-state index >= 15 is 0 Å². The summed E-state index contributed by atoms with van der Waals surface area (Å²) in [7, 11) is 0. The number of aliphatic carboxylic acids is 1. The Bertz CT molecular complexity index is 618. The molecule has 3 fully saturated rings. The molecule has 2 saturated heterocycles. The van der Waals surface area contributed by atoms with Crippen molar-refractivity contribution < 1.29 is 24.2 Å². The van der Waals surface area contributed by atoms with Crippen LogP contribution in [0.3, 0.4) is 0 Å². The lowest BCUT2D eigenvalue weighted by molar-refractivity contribution is -0.149. The maximum Gasteiger partial charge on any atom is 0.407 e. The maximum absolute atomic E-state index is 13.5. The summed E-state index contributed by atoms with van der Waals surface area (Å²) in [6.07, 6.45) is 4.77. The fourth-order valence-corrected chi connectivity index (χ4v) is 7.69. The van der Waals surface area contributed by atoms with Gasteiger partial charge in [0, 0.05) is 24.5 Å². The first-order valence-electron chi connectivity index (χ1n) is 10.6. The van der Waals surface area contributed by atoms with Crippen molar-refractivity contribution in [3.05, 3.63) is 0 Å². The van der Waals surface area contributed by atoms with Gasteiger partial charge < -0.3 is 20.1 Å². The molecule has 3 rings (SSSR count). The Hall–Kier alpha value is -1.09. The van der Waals surface area contributed by atoms with Gasteiger partial charge >= 0.3 is 12.1 Å². The molecule has 2 amide bonds. The van der Waals surface area contributed by atoms with Gasteiger partial charge in [-0.25, -0.2) is 9.59 Å². The summed E-state index contributed by atoms with van der Waals surface area (Å²) < 4.78 is 5.03. The number of amides is 2. The number of carbonyl (C=O) groups is 3. The zero-order chi connectivity index (χ0) is 21.0. The van der Waals surface area contributed by atoms with Crippen molar-refractivity contribution in [1.29, 1.82) is 0 Å². The van der Waals surface area contributed by atoms with Crippen LogP contribution in [0.2, 0.25) is 0 Å². The van der Waals surface area contributed by atoms with Gasteiger partial charge in [-0.3, -0.25) is 4.79 Å². The van der Waals surface area contributed by atoms with Gasteiger partial charge in [-0.15, -0.1) is 23.5 Å². The first-order chi connectivity index (χ1) is 13.8. The molecule has 1 aliphatic carbocycles. The van der Waals surface area contributed by atoms with Gasteiger partial charge in [-0.05, 0) is 24.7 Å². The molecule has 7 nitrogen and oxygen atoms in total. The van der Waals surface area contributed by atoms with Crippen LogP contribution in [-0.2, 0) is 14.3 Å². The van der Waals surface area contributed by atoms with Crippen LogP contribution in [-0.4, -0.2) is 68.8 Å². The molecular formula is C20H32N2O5S2. The van der Waals surface area contributed by atoms with Gasteiger partial charge in [0.2, 0.25) is 5.91 Å². The highest BCUT2D eigenvalue weighted by Gasteiger charge is 2.53. The summed E-state index contributed by atoms with van der Waals surface area (Å²) in [6, 6.07) is -1.55. The lowest BCUT2D eigenvalue weighted by atomic mass is 9.83. The quantitative estimate of drug-likeness (QED) is 0.649. The molecule has 0 aromatic rings. The number of carboxylic acid groups (broad SMARTS) is 1. The van der Waals surface area contributed by atoms with Gasteiger partial charge in [0.1, 0.15) is 12.1 Å². The Kier molecular flexibility index (Phi) is 7.64. The molecule has 9 heteroatoms. The number of carbonyl (C=O) groups excluding carboxylic acids is 2. The SMILES string of the molecule is CC(C)COC(=O)N[C@H](C(=O)N1CC2(C[C@H]1C(=O)O)SCCS2)C1CCCCC1. The first-order valence-corrected chi connectivity index (χ1v) is 12.5. The van der Waals surface area contributed by atoms with Crippen molar-refractivity contribution in [2.75, 3.05) is 24.7 Å². The van der Waals surface area contributed by atoms with E-state index in [9.17, 15) is 19.5 Å². The van der Waals surface area contributed by atoms with Gasteiger partial charge in [0.15, 0.2) is 0 Å². The Morgan fingerprint density at radius 3 is 2.41 bits per heavy atom. The van der Waals surface area contributed by atoms with Crippen LogP contribution in [0.4, 0.5) is 4.79 Å². The summed E-state index contributed by atoms with van der Waals surface area (Å²) in [5.74, 6) is 0.952. The van der Waals surface area contributed by atoms with Crippen molar-refractivity contribution in [3.63, 3.8) is 0 Å². The summed E-state index contributed by atoms with van der Waals surface area (Å²) in [5.41, 5.74) is 0. The summed E-state index contributed by atoms with van der Waals surface area (Å²) in [6.45, 7) is 4.61. The summed E-state index contributed by atoms with van der Waals surface area (Å²) >= 11 is 3.52. The fourth-order valence-electron chi connectivity index (χ4n) is 4.44. The van der Waals surface area contributed by atoms with Crippen molar-refractivity contribution in [1.82, 2.24) is 10.2 Å². The number of carboxylic acids is 1. The Morgan fingerprint density at radius 2 is 1.83 bits per heavy atom. The predicted molar refractivity (Wildman–Crippen MR) is 115 cm³/mol. The molecule has 0 unspecified atom stereocenters. The Labute approximate surface area is 181 Å². The number of alkyl carbamates (subject to hydrolysis) is 1. The van der Waals surface area contributed by atoms with Crippen molar-refractivity contribution in [2.45, 2.75) is 68.5 Å². The van der Waals surface area contributed by atoms with E-state index in [1.54, 1.807) is 23.5 Å². The van der Waals surface area contributed by atoms with E-state index in [1.165, 1.54) is 4.90 Å². The lowest BCUT2D eigenvalue weighted by Gasteiger charge is -2.34. The first kappa shape index (κ1) is 22.6. The van der Waals surface area contributed by atoms with E-state index < -0.39 is 24.1 Å². The average Bonchev–Trinajstić information content (AvgIpc) is 3.32. The number of nitrogens with one attached hydrogen (secondary N) is 1. The standard InChI is InChI=1S/C20H32N2O5S2/c1-13(2)11-27-19(26)21-16(14-6-4-3-5-7-14)17(23)22-12-20(28-8-9-29-20)10-15(22)18(24)25/h13-16H,3-12H2,1-2H3,(H,21,26)(H,24,25)/t15-,16-/m0/s1. The molecular weight excluding hydrogens is 412 g/mol. The third-order valence-electron chi connectivity index (χ3n) is 5.88. The van der Waals surface area contributed by atoms with Crippen LogP contribution in [0.25, 0.3) is 0 Å². The van der Waals surface area contributed by atoms with Crippen molar-refractivity contribution in [3.8, 4) is 0 Å². The van der Waals surface area contributed by atoms with Crippen LogP contribution in [0.15, 0.2) is 0 Å². The number of likely N-dealkylation sites (tertiary alicyclic amines) is 1. The van der Waals surface area contributed by atoms with Crippen LogP contribution < -0.4 is 5.32 Å². The highest BCUT2D eigenvalue weighted by atomic mass is 32.2. The molecule has 164 valence electrons. The Balaban J connectivity index is 1.76. The molecule has 3 aliphatic rings. The molecule has 2 aliphatic heterocycles. The van der Waals surface area contributed by atoms with Crippen LogP contribution >= 0.6 is 23.5 Å². The second-order valence-electron chi connectivity index (χ2n) is 8.64. The lowest BCUT2D eigenvalue weighted by Crippen LogP contribution is -2.55. The second kappa shape index (κ2) is 9.81. The molecule has 0 bridgehead atoms. The van der Waals surface area contributed by atoms with Crippen LogP contribution in [0.1, 0.15) is 52.4 Å². The number of thioether (sulfide) groups is 2. The average molecular weight is 445 g/mol. The van der Waals surface area contributed by atoms with Gasteiger partial charge in [0.05, 0.1) is 10.7 Å². The van der Waals surface area contributed by atoms with E-state index in [2.05, 4.69) is 5.32 Å². The molecule has 1 spiro atoms. The fraction of sp³-hybridized carbons (Fsp3) is 0.850. The topological polar surface area (TPSA) is 95.9 Å². The van der Waals surface area contributed by atoms with Crippen LogP contribution in [0.5, 0.6) is 0 Å². The third kappa shape index (κ3) is 5.54. The van der Waals surface area contributed by atoms with Crippen LogP contribution in [0, 0.1) is 11.8 Å². The Morgan fingerprint density at radius 1 is 1.17 bits per heavy atom. The van der Waals surface area contributed by atoms with Gasteiger partial charge in [-0.2, -0.15) is 0 Å². The second-order valence-corrected chi connectivity index (χ2v) is 11.9. The van der Waals surface area contributed by atoms with Crippen molar-refractivity contribution >= 4 is 41.5 Å². The smallest absolute Gasteiger partial charge is 0.407 e. The molecule has 29 heavy (non-hydrogen) atoms. The maximum atomic E-state index is 13.5. The normalized spacial score (nSPS) is 25.3. The van der Waals surface area contributed by atoms with E-state index in [4.69, 9.17) is 4.74 Å². The third-order valence-corrected chi connectivity index (χ3v) is 9.31. The number of hydrogen-bond donors (Lipinski definition) is 2.